The molecule has 27 heavy (non-hydrogen) atoms. The number of hydrogen-bond donors (Lipinski definition) is 0. The molecular formula is C20H26N6O. The average molecular weight is 366 g/mol. The molecule has 2 aliphatic rings. The molecule has 1 unspecified atom stereocenters. The van der Waals surface area contributed by atoms with Crippen molar-refractivity contribution >= 4 is 17.5 Å². The molecule has 2 saturated heterocycles. The third-order valence-corrected chi connectivity index (χ3v) is 5.39. The van der Waals surface area contributed by atoms with Crippen molar-refractivity contribution in [2.24, 2.45) is 5.92 Å². The lowest BCUT2D eigenvalue weighted by molar-refractivity contribution is 0.0677. The maximum atomic E-state index is 12.8. The number of carbonyl (C=O) groups is 1. The molecule has 7 heteroatoms. The summed E-state index contributed by atoms with van der Waals surface area (Å²) in [5.41, 5.74) is 1.61. The smallest absolute Gasteiger partial charge is 0.272 e. The van der Waals surface area contributed by atoms with Gasteiger partial charge in [-0.25, -0.2) is 9.97 Å². The van der Waals surface area contributed by atoms with E-state index in [4.69, 9.17) is 0 Å². The molecule has 142 valence electrons. The van der Waals surface area contributed by atoms with E-state index < -0.39 is 0 Å². The van der Waals surface area contributed by atoms with Crippen molar-refractivity contribution in [3.8, 4) is 0 Å². The summed E-state index contributed by atoms with van der Waals surface area (Å²) in [7, 11) is 0. The van der Waals surface area contributed by atoms with Gasteiger partial charge in [0.25, 0.3) is 5.91 Å². The molecule has 0 aliphatic carbocycles. The zero-order valence-corrected chi connectivity index (χ0v) is 15.8. The van der Waals surface area contributed by atoms with E-state index in [2.05, 4.69) is 31.7 Å². The highest BCUT2D eigenvalue weighted by molar-refractivity contribution is 5.93. The second-order valence-electron chi connectivity index (χ2n) is 7.42. The predicted molar refractivity (Wildman–Crippen MR) is 105 cm³/mol. The first-order valence-corrected chi connectivity index (χ1v) is 9.73. The number of anilines is 2. The molecule has 0 aromatic carbocycles. The van der Waals surface area contributed by atoms with Crippen LogP contribution in [0.2, 0.25) is 0 Å². The first-order chi connectivity index (χ1) is 13.2. The van der Waals surface area contributed by atoms with Gasteiger partial charge in [0.2, 0.25) is 5.95 Å². The number of likely N-dealkylation sites (tertiary alicyclic amines) is 1. The fourth-order valence-electron chi connectivity index (χ4n) is 3.89. The molecule has 2 aromatic rings. The largest absolute Gasteiger partial charge is 0.368 e. The van der Waals surface area contributed by atoms with E-state index in [0.29, 0.717) is 11.6 Å². The van der Waals surface area contributed by atoms with Crippen LogP contribution in [-0.4, -0.2) is 65.0 Å². The van der Waals surface area contributed by atoms with Gasteiger partial charge in [0, 0.05) is 63.5 Å². The summed E-state index contributed by atoms with van der Waals surface area (Å²) >= 11 is 0. The molecule has 0 radical (unpaired) electrons. The Morgan fingerprint density at radius 3 is 2.48 bits per heavy atom. The van der Waals surface area contributed by atoms with Crippen LogP contribution in [0.5, 0.6) is 0 Å². The topological polar surface area (TPSA) is 65.5 Å². The summed E-state index contributed by atoms with van der Waals surface area (Å²) in [5.74, 6) is 1.40. The Labute approximate surface area is 160 Å². The summed E-state index contributed by atoms with van der Waals surface area (Å²) in [4.78, 5) is 32.3. The summed E-state index contributed by atoms with van der Waals surface area (Å²) in [6, 6.07) is 5.76. The van der Waals surface area contributed by atoms with Gasteiger partial charge >= 0.3 is 0 Å². The zero-order valence-electron chi connectivity index (χ0n) is 15.8. The number of rotatable bonds is 3. The van der Waals surface area contributed by atoms with Crippen LogP contribution in [0.15, 0.2) is 36.8 Å². The van der Waals surface area contributed by atoms with Crippen LogP contribution < -0.4 is 9.80 Å². The molecule has 1 amide bonds. The highest BCUT2D eigenvalue weighted by Gasteiger charge is 2.24. The molecule has 0 saturated carbocycles. The van der Waals surface area contributed by atoms with E-state index in [-0.39, 0.29) is 5.91 Å². The van der Waals surface area contributed by atoms with Gasteiger partial charge in [-0.2, -0.15) is 0 Å². The first kappa shape index (κ1) is 17.7. The number of nitrogens with zero attached hydrogens (tertiary/aromatic N) is 6. The van der Waals surface area contributed by atoms with Crippen molar-refractivity contribution < 1.29 is 4.79 Å². The predicted octanol–water partition coefficient (Wildman–Crippen LogP) is 2.07. The Kier molecular flexibility index (Phi) is 5.18. The normalized spacial score (nSPS) is 20.6. The number of piperidine rings is 1. The van der Waals surface area contributed by atoms with Crippen molar-refractivity contribution in [1.29, 1.82) is 0 Å². The lowest BCUT2D eigenvalue weighted by atomic mass is 10.00. The van der Waals surface area contributed by atoms with Gasteiger partial charge in [-0.3, -0.25) is 9.78 Å². The second-order valence-corrected chi connectivity index (χ2v) is 7.42. The van der Waals surface area contributed by atoms with Crippen molar-refractivity contribution in [2.45, 2.75) is 19.8 Å². The molecule has 1 atom stereocenters. The Hall–Kier alpha value is -2.70. The molecule has 0 N–H and O–H groups in total. The summed E-state index contributed by atoms with van der Waals surface area (Å²) in [6.45, 7) is 7.34. The molecule has 2 aromatic heterocycles. The fourth-order valence-corrected chi connectivity index (χ4v) is 3.89. The van der Waals surface area contributed by atoms with Crippen LogP contribution in [0.1, 0.15) is 30.3 Å². The standard InChI is InChI=1S/C20H26N6O/c1-16-4-2-9-26(15-16)19(27)18-14-17(5-8-21-18)24-10-12-25(13-11-24)20-22-6-3-7-23-20/h3,5-8,14,16H,2,4,9-13,15H2,1H3. The van der Waals surface area contributed by atoms with Crippen molar-refractivity contribution in [3.05, 3.63) is 42.5 Å². The minimum Gasteiger partial charge on any atom is -0.368 e. The minimum absolute atomic E-state index is 0.0553. The van der Waals surface area contributed by atoms with Crippen LogP contribution in [0.3, 0.4) is 0 Å². The molecule has 4 heterocycles. The lowest BCUT2D eigenvalue weighted by Crippen LogP contribution is -2.47. The van der Waals surface area contributed by atoms with Gasteiger partial charge < -0.3 is 14.7 Å². The lowest BCUT2D eigenvalue weighted by Gasteiger charge is -2.36. The van der Waals surface area contributed by atoms with Gasteiger partial charge in [-0.15, -0.1) is 0 Å². The van der Waals surface area contributed by atoms with Crippen LogP contribution in [0, 0.1) is 5.92 Å². The van der Waals surface area contributed by atoms with Gasteiger partial charge in [-0.05, 0) is 37.0 Å². The maximum absolute atomic E-state index is 12.8. The van der Waals surface area contributed by atoms with Crippen LogP contribution in [-0.2, 0) is 0 Å². The molecule has 0 bridgehead atoms. The monoisotopic (exact) mass is 366 g/mol. The van der Waals surface area contributed by atoms with Gasteiger partial charge in [0.05, 0.1) is 0 Å². The van der Waals surface area contributed by atoms with E-state index in [1.54, 1.807) is 18.6 Å². The molecule has 4 rings (SSSR count). The first-order valence-electron chi connectivity index (χ1n) is 9.73. The highest BCUT2D eigenvalue weighted by Crippen LogP contribution is 2.21. The zero-order chi connectivity index (χ0) is 18.6. The van der Waals surface area contributed by atoms with Crippen LogP contribution in [0.25, 0.3) is 0 Å². The number of aromatic nitrogens is 3. The Morgan fingerprint density at radius 1 is 1.00 bits per heavy atom. The SMILES string of the molecule is CC1CCCN(C(=O)c2cc(N3CCN(c4ncccn4)CC3)ccn2)C1. The van der Waals surface area contributed by atoms with Gasteiger partial charge in [0.15, 0.2) is 0 Å². The van der Waals surface area contributed by atoms with Crippen LogP contribution >= 0.6 is 0 Å². The van der Waals surface area contributed by atoms with Gasteiger partial charge in [-0.1, -0.05) is 6.92 Å². The number of amides is 1. The molecular weight excluding hydrogens is 340 g/mol. The Balaban J connectivity index is 1.42. The molecule has 2 fully saturated rings. The second kappa shape index (κ2) is 7.90. The van der Waals surface area contributed by atoms with E-state index in [0.717, 1.165) is 57.3 Å². The number of piperazine rings is 1. The fraction of sp³-hybridized carbons (Fsp3) is 0.500. The molecule has 2 aliphatic heterocycles. The molecule has 0 spiro atoms. The summed E-state index contributed by atoms with van der Waals surface area (Å²) < 4.78 is 0. The van der Waals surface area contributed by atoms with Crippen LogP contribution in [0.4, 0.5) is 11.6 Å². The average Bonchev–Trinajstić information content (AvgIpc) is 2.74. The molecule has 7 nitrogen and oxygen atoms in total. The minimum atomic E-state index is 0.0553. The summed E-state index contributed by atoms with van der Waals surface area (Å²) in [6.07, 6.45) is 7.58. The van der Waals surface area contributed by atoms with Gasteiger partial charge in [0.1, 0.15) is 5.69 Å². The third-order valence-electron chi connectivity index (χ3n) is 5.39. The Morgan fingerprint density at radius 2 is 1.74 bits per heavy atom. The quantitative estimate of drug-likeness (QED) is 0.829. The number of hydrogen-bond acceptors (Lipinski definition) is 6. The summed E-state index contributed by atoms with van der Waals surface area (Å²) in [5, 5.41) is 0. The Bertz CT molecular complexity index is 775. The van der Waals surface area contributed by atoms with E-state index in [9.17, 15) is 4.79 Å². The number of carbonyl (C=O) groups excluding carboxylic acids is 1. The van der Waals surface area contributed by atoms with Crippen molar-refractivity contribution in [3.63, 3.8) is 0 Å². The van der Waals surface area contributed by atoms with Crippen molar-refractivity contribution in [2.75, 3.05) is 49.1 Å². The third kappa shape index (κ3) is 4.02. The maximum Gasteiger partial charge on any atom is 0.272 e. The van der Waals surface area contributed by atoms with Crippen molar-refractivity contribution in [1.82, 2.24) is 19.9 Å². The van der Waals surface area contributed by atoms with E-state index in [1.807, 2.05) is 23.1 Å². The van der Waals surface area contributed by atoms with E-state index >= 15 is 0 Å². The highest BCUT2D eigenvalue weighted by atomic mass is 16.2. The van der Waals surface area contributed by atoms with E-state index in [1.165, 1.54) is 6.42 Å². The number of pyridine rings is 1.